The number of para-hydroxylation sites is 1. The topological polar surface area (TPSA) is 24.5 Å². The number of rotatable bonds is 6. The lowest BCUT2D eigenvalue weighted by molar-refractivity contribution is 0.485. The summed E-state index contributed by atoms with van der Waals surface area (Å²) in [6, 6.07) is 18.7. The van der Waals surface area contributed by atoms with E-state index in [1.54, 1.807) is 17.6 Å². The molecule has 5 heteroatoms. The fraction of sp³-hybridized carbons (Fsp3) is 0.214. The minimum atomic E-state index is 0.842. The van der Waals surface area contributed by atoms with Crippen LogP contribution in [0.2, 0.25) is 0 Å². The lowest BCUT2D eigenvalue weighted by Gasteiger charge is -2.22. The molecule has 0 radical (unpaired) electrons. The van der Waals surface area contributed by atoms with Crippen LogP contribution in [-0.4, -0.2) is 19.8 Å². The van der Waals surface area contributed by atoms with Crippen LogP contribution < -0.4 is 15.0 Å². The molecule has 3 aromatic rings. The summed E-state index contributed by atoms with van der Waals surface area (Å²) >= 11 is 5.33. The number of anilines is 1. The molecule has 0 fully saturated rings. The Morgan fingerprint density at radius 1 is 1.09 bits per heavy atom. The van der Waals surface area contributed by atoms with Crippen LogP contribution in [-0.2, 0) is 6.42 Å². The number of hydrogen-bond acceptors (Lipinski definition) is 5. The van der Waals surface area contributed by atoms with Gasteiger partial charge in [0.15, 0.2) is 5.75 Å². The lowest BCUT2D eigenvalue weighted by atomic mass is 10.1. The van der Waals surface area contributed by atoms with Gasteiger partial charge in [-0.25, -0.2) is 0 Å². The number of thiophene rings is 1. The Balaban J connectivity index is 0.000000914. The second-order valence-corrected chi connectivity index (χ2v) is 8.10. The van der Waals surface area contributed by atoms with Crippen LogP contribution in [0.15, 0.2) is 85.8 Å². The van der Waals surface area contributed by atoms with Gasteiger partial charge in [0.1, 0.15) is 5.75 Å². The normalized spacial score (nSPS) is 12.1. The van der Waals surface area contributed by atoms with Crippen molar-refractivity contribution in [2.75, 3.05) is 24.7 Å². The van der Waals surface area contributed by atoms with Crippen molar-refractivity contribution in [3.8, 4) is 11.5 Å². The molecule has 0 aliphatic carbocycles. The molecular weight excluding hydrogens is 444 g/mol. The molecule has 33 heavy (non-hydrogen) atoms. The van der Waals surface area contributed by atoms with Crippen LogP contribution in [0.25, 0.3) is 11.4 Å². The van der Waals surface area contributed by atoms with Crippen molar-refractivity contribution in [2.45, 2.75) is 19.8 Å². The van der Waals surface area contributed by atoms with Crippen molar-refractivity contribution in [1.29, 1.82) is 0 Å². The highest BCUT2D eigenvalue weighted by atomic mass is 32.1. The van der Waals surface area contributed by atoms with Crippen LogP contribution >= 0.6 is 24.0 Å². The number of thiol groups is 1. The van der Waals surface area contributed by atoms with E-state index in [0.717, 1.165) is 59.1 Å². The maximum Gasteiger partial charge on any atom is 0.151 e. The maximum absolute atomic E-state index is 6.23. The van der Waals surface area contributed by atoms with Crippen molar-refractivity contribution in [2.24, 2.45) is 0 Å². The summed E-state index contributed by atoms with van der Waals surface area (Å²) < 4.78 is 6.23. The van der Waals surface area contributed by atoms with Crippen molar-refractivity contribution in [3.05, 3.63) is 102 Å². The number of hydrogen-bond donors (Lipinski definition) is 2. The smallest absolute Gasteiger partial charge is 0.151 e. The predicted molar refractivity (Wildman–Crippen MR) is 151 cm³/mol. The van der Waals surface area contributed by atoms with Gasteiger partial charge in [0, 0.05) is 35.4 Å². The molecular formula is C28H34N2OS2. The number of benzene rings is 2. The van der Waals surface area contributed by atoms with Crippen LogP contribution in [0.3, 0.4) is 0 Å². The first-order valence-electron chi connectivity index (χ1n) is 10.9. The van der Waals surface area contributed by atoms with Gasteiger partial charge in [-0.1, -0.05) is 37.8 Å². The van der Waals surface area contributed by atoms with Gasteiger partial charge < -0.3 is 15.0 Å². The van der Waals surface area contributed by atoms with E-state index in [1.807, 2.05) is 25.2 Å². The third-order valence-electron chi connectivity index (χ3n) is 5.13. The number of nitrogens with zero attached hydrogens (tertiary/aromatic N) is 1. The average molecular weight is 479 g/mol. The van der Waals surface area contributed by atoms with E-state index >= 15 is 0 Å². The SMILES string of the molecule is C=C.C=C1c2ccccc2Oc2ccc(C(=CCC)NCCc3cccs3)cc2N1C.CS. The molecule has 2 aromatic carbocycles. The Bertz CT molecular complexity index is 1060. The van der Waals surface area contributed by atoms with Crippen molar-refractivity contribution in [3.63, 3.8) is 0 Å². The molecule has 0 saturated carbocycles. The summed E-state index contributed by atoms with van der Waals surface area (Å²) in [7, 11) is 2.05. The molecule has 0 amide bonds. The molecule has 0 saturated heterocycles. The lowest BCUT2D eigenvalue weighted by Crippen LogP contribution is -2.17. The number of ether oxygens (including phenoxy) is 1. The van der Waals surface area contributed by atoms with E-state index in [-0.39, 0.29) is 0 Å². The first kappa shape index (κ1) is 26.4. The van der Waals surface area contributed by atoms with Gasteiger partial charge in [-0.2, -0.15) is 12.6 Å². The standard InChI is InChI=1S/C25H26N2OS.C2H4.CH4S/c1-4-8-22(26-15-14-20-9-7-16-29-20)19-12-13-25-23(17-19)27(3)18(2)21-10-5-6-11-24(21)28-25;2*1-2/h5-13,16-17,26H,2,4,14-15H2,1,3H3;1-2H2;2H,1H3. The summed E-state index contributed by atoms with van der Waals surface area (Å²) in [6.45, 7) is 13.4. The third kappa shape index (κ3) is 6.56. The fourth-order valence-electron chi connectivity index (χ4n) is 3.54. The molecule has 1 aliphatic rings. The molecule has 1 aromatic heterocycles. The van der Waals surface area contributed by atoms with Gasteiger partial charge in [0.2, 0.25) is 0 Å². The third-order valence-corrected chi connectivity index (χ3v) is 6.07. The molecule has 0 bridgehead atoms. The zero-order chi connectivity index (χ0) is 24.2. The Morgan fingerprint density at radius 2 is 1.85 bits per heavy atom. The molecule has 4 rings (SSSR count). The highest BCUT2D eigenvalue weighted by Gasteiger charge is 2.22. The Kier molecular flexibility index (Phi) is 10.9. The number of fused-ring (bicyclic) bond motifs is 2. The molecule has 174 valence electrons. The van der Waals surface area contributed by atoms with Crippen molar-refractivity contribution < 1.29 is 4.74 Å². The number of nitrogens with one attached hydrogen (secondary N) is 1. The minimum Gasteiger partial charge on any atom is -0.454 e. The summed E-state index contributed by atoms with van der Waals surface area (Å²) in [5.74, 6) is 1.69. The Morgan fingerprint density at radius 3 is 2.55 bits per heavy atom. The zero-order valence-electron chi connectivity index (χ0n) is 19.8. The van der Waals surface area contributed by atoms with Crippen LogP contribution in [0, 0.1) is 0 Å². The number of allylic oxidation sites excluding steroid dienone is 1. The van der Waals surface area contributed by atoms with Gasteiger partial charge in [-0.05, 0) is 66.4 Å². The van der Waals surface area contributed by atoms with Gasteiger partial charge >= 0.3 is 0 Å². The van der Waals surface area contributed by atoms with Gasteiger partial charge in [-0.3, -0.25) is 0 Å². The highest BCUT2D eigenvalue weighted by molar-refractivity contribution is 7.79. The van der Waals surface area contributed by atoms with E-state index in [9.17, 15) is 0 Å². The Labute approximate surface area is 208 Å². The minimum absolute atomic E-state index is 0.842. The molecule has 1 aliphatic heterocycles. The van der Waals surface area contributed by atoms with Crippen molar-refractivity contribution >= 4 is 41.0 Å². The molecule has 3 nitrogen and oxygen atoms in total. The zero-order valence-corrected chi connectivity index (χ0v) is 21.5. The molecule has 0 spiro atoms. The van der Waals surface area contributed by atoms with Crippen molar-refractivity contribution in [1.82, 2.24) is 5.32 Å². The predicted octanol–water partition coefficient (Wildman–Crippen LogP) is 7.89. The van der Waals surface area contributed by atoms with E-state index in [1.165, 1.54) is 4.88 Å². The second-order valence-electron chi connectivity index (χ2n) is 7.07. The first-order chi connectivity index (χ1) is 16.2. The van der Waals surface area contributed by atoms with Crippen LogP contribution in [0.5, 0.6) is 11.5 Å². The maximum atomic E-state index is 6.23. The van der Waals surface area contributed by atoms with E-state index in [2.05, 4.69) is 97.4 Å². The fourth-order valence-corrected chi connectivity index (χ4v) is 4.25. The summed E-state index contributed by atoms with van der Waals surface area (Å²) in [4.78, 5) is 3.51. The summed E-state index contributed by atoms with van der Waals surface area (Å²) in [5.41, 5.74) is 5.29. The van der Waals surface area contributed by atoms with E-state index < -0.39 is 0 Å². The van der Waals surface area contributed by atoms with Gasteiger partial charge in [0.25, 0.3) is 0 Å². The molecule has 0 unspecified atom stereocenters. The van der Waals surface area contributed by atoms with Gasteiger partial charge in [0.05, 0.1) is 5.69 Å². The summed E-state index contributed by atoms with van der Waals surface area (Å²) in [6.07, 6.45) is 5.94. The van der Waals surface area contributed by atoms with Crippen LogP contribution in [0.1, 0.15) is 29.3 Å². The molecule has 2 heterocycles. The van der Waals surface area contributed by atoms with E-state index in [0.29, 0.717) is 0 Å². The summed E-state index contributed by atoms with van der Waals surface area (Å²) in [5, 5.41) is 5.76. The largest absolute Gasteiger partial charge is 0.454 e. The average Bonchev–Trinajstić information content (AvgIpc) is 3.36. The van der Waals surface area contributed by atoms with Gasteiger partial charge in [-0.15, -0.1) is 24.5 Å². The second kappa shape index (κ2) is 13.6. The van der Waals surface area contributed by atoms with Crippen LogP contribution in [0.4, 0.5) is 5.69 Å². The highest BCUT2D eigenvalue weighted by Crippen LogP contribution is 2.43. The molecule has 1 N–H and O–H groups in total. The first-order valence-corrected chi connectivity index (χ1v) is 12.7. The van der Waals surface area contributed by atoms with E-state index in [4.69, 9.17) is 4.74 Å². The quantitative estimate of drug-likeness (QED) is 0.278. The molecule has 0 atom stereocenters. The Hall–Kier alpha value is -2.89. The monoisotopic (exact) mass is 478 g/mol.